The maximum absolute atomic E-state index is 13.0. The van der Waals surface area contributed by atoms with Crippen LogP contribution in [-0.4, -0.2) is 52.7 Å². The first kappa shape index (κ1) is 26.1. The maximum Gasteiger partial charge on any atom is 0.397 e. The summed E-state index contributed by atoms with van der Waals surface area (Å²) in [6, 6.07) is 4.42. The molecular formula is C23H34F3N3O3. The minimum atomic E-state index is -4.61. The molecule has 4 atom stereocenters. The largest absolute Gasteiger partial charge is 0.460 e. The number of likely N-dealkylation sites (tertiary alicyclic amines) is 1. The van der Waals surface area contributed by atoms with Gasteiger partial charge >= 0.3 is 12.1 Å². The second-order valence-corrected chi connectivity index (χ2v) is 9.51. The number of carbonyl (C=O) groups is 2. The molecule has 0 aliphatic carbocycles. The standard InChI is InChI=1S/C23H34F3N3O3/c1-6-16-11-18(28-13-17-9-7-8-10-27-17)20(15(2)32-21(31)22(3,4)5)29(14-16)19(30)12-23(24,25)26/h7-10,15-16,18,20,28H,6,11-14H2,1-5H3/t15-,16?,18-,20?/m0/s1. The Morgan fingerprint density at radius 1 is 1.28 bits per heavy atom. The lowest BCUT2D eigenvalue weighted by Gasteiger charge is -2.47. The van der Waals surface area contributed by atoms with Crippen LogP contribution in [0.2, 0.25) is 0 Å². The van der Waals surface area contributed by atoms with E-state index in [1.807, 2.05) is 19.1 Å². The number of aromatic nitrogens is 1. The summed E-state index contributed by atoms with van der Waals surface area (Å²) in [5.74, 6) is -1.42. The van der Waals surface area contributed by atoms with Crippen LogP contribution in [0.1, 0.15) is 59.6 Å². The summed E-state index contributed by atoms with van der Waals surface area (Å²) in [4.78, 5) is 30.8. The number of amides is 1. The zero-order chi connectivity index (χ0) is 24.1. The molecule has 1 saturated heterocycles. The summed E-state index contributed by atoms with van der Waals surface area (Å²) < 4.78 is 44.8. The van der Waals surface area contributed by atoms with Crippen LogP contribution in [0.3, 0.4) is 0 Å². The van der Waals surface area contributed by atoms with Crippen molar-refractivity contribution in [2.75, 3.05) is 6.54 Å². The van der Waals surface area contributed by atoms with Gasteiger partial charge < -0.3 is 15.0 Å². The molecule has 0 saturated carbocycles. The normalized spacial score (nSPS) is 23.0. The number of nitrogens with one attached hydrogen (secondary N) is 1. The predicted molar refractivity (Wildman–Crippen MR) is 114 cm³/mol. The number of esters is 1. The molecule has 0 radical (unpaired) electrons. The van der Waals surface area contributed by atoms with Gasteiger partial charge in [-0.05, 0) is 52.2 Å². The highest BCUT2D eigenvalue weighted by Crippen LogP contribution is 2.31. The number of nitrogens with zero attached hydrogens (tertiary/aromatic N) is 2. The third-order valence-corrected chi connectivity index (χ3v) is 5.72. The molecule has 0 bridgehead atoms. The van der Waals surface area contributed by atoms with Gasteiger partial charge in [0.1, 0.15) is 12.5 Å². The van der Waals surface area contributed by atoms with Gasteiger partial charge in [-0.3, -0.25) is 14.6 Å². The average Bonchev–Trinajstić information content (AvgIpc) is 2.70. The first-order valence-corrected chi connectivity index (χ1v) is 11.0. The van der Waals surface area contributed by atoms with Crippen molar-refractivity contribution in [2.45, 2.75) is 84.8 Å². The number of piperidine rings is 1. The molecule has 9 heteroatoms. The molecule has 2 unspecified atom stereocenters. The Labute approximate surface area is 187 Å². The topological polar surface area (TPSA) is 71.5 Å². The fourth-order valence-corrected chi connectivity index (χ4v) is 3.97. The molecule has 1 aliphatic heterocycles. The Hall–Kier alpha value is -2.16. The molecule has 1 N–H and O–H groups in total. The number of halogens is 3. The lowest BCUT2D eigenvalue weighted by atomic mass is 9.84. The van der Waals surface area contributed by atoms with Crippen molar-refractivity contribution >= 4 is 11.9 Å². The van der Waals surface area contributed by atoms with Crippen LogP contribution >= 0.6 is 0 Å². The van der Waals surface area contributed by atoms with Gasteiger partial charge in [-0.1, -0.05) is 19.4 Å². The van der Waals surface area contributed by atoms with Gasteiger partial charge in [0, 0.05) is 25.3 Å². The number of hydrogen-bond donors (Lipinski definition) is 1. The second-order valence-electron chi connectivity index (χ2n) is 9.51. The van der Waals surface area contributed by atoms with Crippen molar-refractivity contribution in [1.29, 1.82) is 0 Å². The van der Waals surface area contributed by atoms with E-state index in [4.69, 9.17) is 4.74 Å². The van der Waals surface area contributed by atoms with E-state index >= 15 is 0 Å². The van der Waals surface area contributed by atoms with Gasteiger partial charge in [0.2, 0.25) is 5.91 Å². The van der Waals surface area contributed by atoms with Gasteiger partial charge in [-0.15, -0.1) is 0 Å². The highest BCUT2D eigenvalue weighted by atomic mass is 19.4. The molecule has 6 nitrogen and oxygen atoms in total. The fourth-order valence-electron chi connectivity index (χ4n) is 3.97. The van der Waals surface area contributed by atoms with E-state index in [2.05, 4.69) is 10.3 Å². The van der Waals surface area contributed by atoms with E-state index in [0.717, 1.165) is 12.1 Å². The molecule has 1 fully saturated rings. The Morgan fingerprint density at radius 2 is 1.97 bits per heavy atom. The maximum atomic E-state index is 13.0. The van der Waals surface area contributed by atoms with Crippen LogP contribution in [0, 0.1) is 11.3 Å². The molecule has 1 aromatic heterocycles. The highest BCUT2D eigenvalue weighted by molar-refractivity contribution is 5.78. The Kier molecular flexibility index (Phi) is 8.67. The zero-order valence-corrected chi connectivity index (χ0v) is 19.4. The van der Waals surface area contributed by atoms with Gasteiger partial charge in [0.05, 0.1) is 17.2 Å². The molecule has 1 aromatic rings. The van der Waals surface area contributed by atoms with Crippen LogP contribution < -0.4 is 5.32 Å². The Balaban J connectivity index is 2.32. The Morgan fingerprint density at radius 3 is 2.50 bits per heavy atom. The molecule has 0 spiro atoms. The van der Waals surface area contributed by atoms with Crippen molar-refractivity contribution in [3.05, 3.63) is 30.1 Å². The monoisotopic (exact) mass is 457 g/mol. The SMILES string of the molecule is CCC1C[C@H](NCc2ccccn2)C([C@H](C)OC(=O)C(C)(C)C)N(C(=O)CC(F)(F)F)C1. The van der Waals surface area contributed by atoms with Crippen LogP contribution in [0.4, 0.5) is 13.2 Å². The van der Waals surface area contributed by atoms with E-state index in [1.165, 1.54) is 4.90 Å². The lowest BCUT2D eigenvalue weighted by Crippen LogP contribution is -2.63. The number of ether oxygens (including phenoxy) is 1. The Bertz CT molecular complexity index is 765. The molecule has 32 heavy (non-hydrogen) atoms. The van der Waals surface area contributed by atoms with E-state index < -0.39 is 42.0 Å². The summed E-state index contributed by atoms with van der Waals surface area (Å²) in [5, 5.41) is 3.36. The summed E-state index contributed by atoms with van der Waals surface area (Å²) in [6.07, 6.45) is -3.88. The highest BCUT2D eigenvalue weighted by Gasteiger charge is 2.45. The molecule has 2 heterocycles. The van der Waals surface area contributed by atoms with Gasteiger partial charge in [-0.25, -0.2) is 0 Å². The summed E-state index contributed by atoms with van der Waals surface area (Å²) in [6.45, 7) is 9.31. The van der Waals surface area contributed by atoms with E-state index in [9.17, 15) is 22.8 Å². The first-order valence-electron chi connectivity index (χ1n) is 11.0. The molecule has 1 aliphatic rings. The molecule has 0 aromatic carbocycles. The molecule has 180 valence electrons. The quantitative estimate of drug-likeness (QED) is 0.625. The van der Waals surface area contributed by atoms with Crippen molar-refractivity contribution in [2.24, 2.45) is 11.3 Å². The van der Waals surface area contributed by atoms with E-state index in [-0.39, 0.29) is 18.5 Å². The van der Waals surface area contributed by atoms with Crippen molar-refractivity contribution in [3.63, 3.8) is 0 Å². The first-order chi connectivity index (χ1) is 14.8. The van der Waals surface area contributed by atoms with Crippen LogP contribution in [-0.2, 0) is 20.9 Å². The van der Waals surface area contributed by atoms with Crippen molar-refractivity contribution < 1.29 is 27.5 Å². The molecule has 1 amide bonds. The van der Waals surface area contributed by atoms with Crippen LogP contribution in [0.5, 0.6) is 0 Å². The zero-order valence-electron chi connectivity index (χ0n) is 19.4. The number of alkyl halides is 3. The minimum Gasteiger partial charge on any atom is -0.460 e. The number of hydrogen-bond acceptors (Lipinski definition) is 5. The van der Waals surface area contributed by atoms with E-state index in [0.29, 0.717) is 13.0 Å². The fraction of sp³-hybridized carbons (Fsp3) is 0.696. The summed E-state index contributed by atoms with van der Waals surface area (Å²) in [5.41, 5.74) is 0.00409. The number of rotatable bonds is 7. The third kappa shape index (κ3) is 7.46. The molecule has 2 rings (SSSR count). The number of carbonyl (C=O) groups excluding carboxylic acids is 2. The third-order valence-electron chi connectivity index (χ3n) is 5.72. The predicted octanol–water partition coefficient (Wildman–Crippen LogP) is 4.10. The second kappa shape index (κ2) is 10.6. The van der Waals surface area contributed by atoms with Gasteiger partial charge in [0.15, 0.2) is 0 Å². The average molecular weight is 458 g/mol. The molecular weight excluding hydrogens is 423 g/mol. The smallest absolute Gasteiger partial charge is 0.397 e. The summed E-state index contributed by atoms with van der Waals surface area (Å²) in [7, 11) is 0. The summed E-state index contributed by atoms with van der Waals surface area (Å²) >= 11 is 0. The van der Waals surface area contributed by atoms with Crippen LogP contribution in [0.25, 0.3) is 0 Å². The number of pyridine rings is 1. The van der Waals surface area contributed by atoms with Crippen LogP contribution in [0.15, 0.2) is 24.4 Å². The van der Waals surface area contributed by atoms with Gasteiger partial charge in [-0.2, -0.15) is 13.2 Å². The van der Waals surface area contributed by atoms with Crippen molar-refractivity contribution in [3.8, 4) is 0 Å². The van der Waals surface area contributed by atoms with E-state index in [1.54, 1.807) is 40.0 Å². The lowest BCUT2D eigenvalue weighted by molar-refractivity contribution is -0.175. The van der Waals surface area contributed by atoms with Gasteiger partial charge in [0.25, 0.3) is 0 Å². The van der Waals surface area contributed by atoms with Crippen molar-refractivity contribution in [1.82, 2.24) is 15.2 Å². The minimum absolute atomic E-state index is 0.0372.